The Kier molecular flexibility index (Phi) is 10.2. The topological polar surface area (TPSA) is 66.3 Å². The van der Waals surface area contributed by atoms with Crippen LogP contribution in [-0.2, 0) is 0 Å². The number of benzene rings is 1. The summed E-state index contributed by atoms with van der Waals surface area (Å²) in [6, 6.07) is 5.43. The van der Waals surface area contributed by atoms with Crippen LogP contribution < -0.4 is 14.8 Å². The molecule has 0 saturated carbocycles. The van der Waals surface area contributed by atoms with Gasteiger partial charge in [0.15, 0.2) is 5.96 Å². The van der Waals surface area contributed by atoms with Crippen molar-refractivity contribution >= 4 is 29.9 Å². The van der Waals surface area contributed by atoms with Gasteiger partial charge in [0.2, 0.25) is 0 Å². The quantitative estimate of drug-likeness (QED) is 0.363. The van der Waals surface area contributed by atoms with Gasteiger partial charge in [0, 0.05) is 25.7 Å². The highest BCUT2D eigenvalue weighted by Gasteiger charge is 2.24. The Morgan fingerprint density at radius 1 is 1.19 bits per heavy atom. The van der Waals surface area contributed by atoms with Crippen LogP contribution in [0.1, 0.15) is 38.9 Å². The van der Waals surface area contributed by atoms with Crippen molar-refractivity contribution in [3.05, 3.63) is 23.8 Å². The molecule has 7 heteroatoms. The zero-order valence-electron chi connectivity index (χ0n) is 17.1. The van der Waals surface area contributed by atoms with Crippen molar-refractivity contribution in [3.63, 3.8) is 0 Å². The number of ether oxygens (including phenoxy) is 2. The Morgan fingerprint density at radius 3 is 2.22 bits per heavy atom. The maximum Gasteiger partial charge on any atom is 0.194 e. The van der Waals surface area contributed by atoms with E-state index >= 15 is 0 Å². The molecule has 0 spiro atoms. The number of rotatable bonds is 6. The predicted octanol–water partition coefficient (Wildman–Crippen LogP) is 3.30. The lowest BCUT2D eigenvalue weighted by Crippen LogP contribution is -2.48. The van der Waals surface area contributed by atoms with Crippen molar-refractivity contribution in [3.8, 4) is 11.5 Å². The van der Waals surface area contributed by atoms with E-state index in [9.17, 15) is 5.11 Å². The van der Waals surface area contributed by atoms with Crippen molar-refractivity contribution in [1.82, 2.24) is 10.2 Å². The third-order valence-electron chi connectivity index (χ3n) is 4.68. The molecule has 3 unspecified atom stereocenters. The average molecular weight is 491 g/mol. The first-order valence-electron chi connectivity index (χ1n) is 9.41. The second-order valence-electron chi connectivity index (χ2n) is 7.21. The molecule has 1 aliphatic heterocycles. The minimum Gasteiger partial charge on any atom is -0.497 e. The van der Waals surface area contributed by atoms with E-state index in [1.54, 1.807) is 20.3 Å². The van der Waals surface area contributed by atoms with Gasteiger partial charge < -0.3 is 24.8 Å². The summed E-state index contributed by atoms with van der Waals surface area (Å²) >= 11 is 0. The van der Waals surface area contributed by atoms with Crippen LogP contribution in [0, 0.1) is 11.8 Å². The fourth-order valence-electron chi connectivity index (χ4n) is 3.56. The smallest absolute Gasteiger partial charge is 0.194 e. The lowest BCUT2D eigenvalue weighted by Gasteiger charge is -2.37. The highest BCUT2D eigenvalue weighted by Crippen LogP contribution is 2.27. The van der Waals surface area contributed by atoms with Gasteiger partial charge in [-0.25, -0.2) is 0 Å². The van der Waals surface area contributed by atoms with Gasteiger partial charge in [-0.2, -0.15) is 0 Å². The van der Waals surface area contributed by atoms with Gasteiger partial charge >= 0.3 is 0 Å². The first-order valence-corrected chi connectivity index (χ1v) is 9.41. The maximum absolute atomic E-state index is 10.6. The van der Waals surface area contributed by atoms with Crippen molar-refractivity contribution < 1.29 is 14.6 Å². The van der Waals surface area contributed by atoms with E-state index in [4.69, 9.17) is 14.5 Å². The number of aliphatic imine (C=N–C) groups is 1. The number of nitrogens with one attached hydrogen (secondary N) is 1. The fourth-order valence-corrected chi connectivity index (χ4v) is 3.56. The van der Waals surface area contributed by atoms with Crippen molar-refractivity contribution in [2.45, 2.75) is 33.3 Å². The van der Waals surface area contributed by atoms with Crippen LogP contribution in [0.15, 0.2) is 23.2 Å². The minimum absolute atomic E-state index is 0. The van der Waals surface area contributed by atoms with E-state index in [2.05, 4.69) is 31.0 Å². The summed E-state index contributed by atoms with van der Waals surface area (Å²) in [5.41, 5.74) is 0.737. The zero-order chi connectivity index (χ0) is 19.1. The maximum atomic E-state index is 10.6. The van der Waals surface area contributed by atoms with E-state index in [0.29, 0.717) is 23.3 Å². The van der Waals surface area contributed by atoms with Crippen LogP contribution in [-0.4, -0.2) is 56.4 Å². The van der Waals surface area contributed by atoms with Crippen molar-refractivity contribution in [1.29, 1.82) is 0 Å². The number of aliphatic hydroxyl groups is 1. The Labute approximate surface area is 180 Å². The van der Waals surface area contributed by atoms with E-state index in [1.807, 2.05) is 12.1 Å². The van der Waals surface area contributed by atoms with E-state index < -0.39 is 6.10 Å². The number of methoxy groups -OCH3 is 2. The zero-order valence-corrected chi connectivity index (χ0v) is 19.4. The minimum atomic E-state index is -0.715. The summed E-state index contributed by atoms with van der Waals surface area (Å²) in [6.45, 7) is 9.72. The summed E-state index contributed by atoms with van der Waals surface area (Å²) in [7, 11) is 3.20. The van der Waals surface area contributed by atoms with Gasteiger partial charge in [0.1, 0.15) is 11.5 Å². The number of halogens is 1. The predicted molar refractivity (Wildman–Crippen MR) is 120 cm³/mol. The normalized spacial score (nSPS) is 21.3. The Hall–Kier alpha value is -1.22. The number of nitrogens with zero attached hydrogens (tertiary/aromatic N) is 2. The SMILES string of the molecule is CCNC(=NCC(O)c1cc(OC)cc(OC)c1)N1CC(C)CC(C)C1.I. The lowest BCUT2D eigenvalue weighted by atomic mass is 9.92. The number of likely N-dealkylation sites (tertiary alicyclic amines) is 1. The molecule has 1 fully saturated rings. The van der Waals surface area contributed by atoms with Crippen LogP contribution in [0.3, 0.4) is 0 Å². The molecule has 154 valence electrons. The summed E-state index contributed by atoms with van der Waals surface area (Å²) in [5.74, 6) is 3.49. The molecule has 0 radical (unpaired) electrons. The van der Waals surface area contributed by atoms with Gasteiger partial charge in [-0.05, 0) is 42.9 Å². The highest BCUT2D eigenvalue weighted by atomic mass is 127. The second kappa shape index (κ2) is 11.6. The lowest BCUT2D eigenvalue weighted by molar-refractivity contribution is 0.182. The number of hydrogen-bond donors (Lipinski definition) is 2. The molecule has 3 atom stereocenters. The number of aliphatic hydroxyl groups excluding tert-OH is 1. The first-order chi connectivity index (χ1) is 12.5. The molecule has 0 aromatic heterocycles. The Balaban J connectivity index is 0.00000364. The molecular formula is C20H34IN3O3. The summed E-state index contributed by atoms with van der Waals surface area (Å²) in [4.78, 5) is 7.00. The highest BCUT2D eigenvalue weighted by molar-refractivity contribution is 14.0. The molecule has 0 aliphatic carbocycles. The third-order valence-corrected chi connectivity index (χ3v) is 4.68. The molecule has 1 aromatic carbocycles. The molecule has 1 heterocycles. The van der Waals surface area contributed by atoms with Gasteiger partial charge in [0.05, 0.1) is 26.9 Å². The summed E-state index contributed by atoms with van der Waals surface area (Å²) < 4.78 is 10.6. The molecular weight excluding hydrogens is 457 g/mol. The molecule has 1 saturated heterocycles. The van der Waals surface area contributed by atoms with Crippen LogP contribution in [0.25, 0.3) is 0 Å². The number of guanidine groups is 1. The molecule has 2 rings (SSSR count). The van der Waals surface area contributed by atoms with Crippen LogP contribution >= 0.6 is 24.0 Å². The van der Waals surface area contributed by atoms with Crippen LogP contribution in [0.5, 0.6) is 11.5 Å². The van der Waals surface area contributed by atoms with Crippen LogP contribution in [0.2, 0.25) is 0 Å². The Bertz CT molecular complexity index is 580. The van der Waals surface area contributed by atoms with Crippen molar-refractivity contribution in [2.24, 2.45) is 16.8 Å². The van der Waals surface area contributed by atoms with E-state index in [1.165, 1.54) is 6.42 Å². The van der Waals surface area contributed by atoms with E-state index in [0.717, 1.165) is 31.2 Å². The number of piperidine rings is 1. The van der Waals surface area contributed by atoms with E-state index in [-0.39, 0.29) is 30.5 Å². The molecule has 2 N–H and O–H groups in total. The van der Waals surface area contributed by atoms with Gasteiger partial charge in [-0.1, -0.05) is 13.8 Å². The average Bonchev–Trinajstić information content (AvgIpc) is 2.63. The fraction of sp³-hybridized carbons (Fsp3) is 0.650. The largest absolute Gasteiger partial charge is 0.497 e. The molecule has 1 aromatic rings. The van der Waals surface area contributed by atoms with Gasteiger partial charge in [-0.3, -0.25) is 4.99 Å². The molecule has 1 aliphatic rings. The van der Waals surface area contributed by atoms with Crippen LogP contribution in [0.4, 0.5) is 0 Å². The summed E-state index contributed by atoms with van der Waals surface area (Å²) in [5, 5.41) is 14.0. The Morgan fingerprint density at radius 2 is 1.74 bits per heavy atom. The standard InChI is InChI=1S/C20H33N3O3.HI/c1-6-21-20(23-12-14(2)7-15(3)13-23)22-11-19(24)16-8-17(25-4)10-18(9-16)26-5;/h8-10,14-15,19,24H,6-7,11-13H2,1-5H3,(H,21,22);1H. The van der Waals surface area contributed by atoms with Crippen molar-refractivity contribution in [2.75, 3.05) is 40.4 Å². The second-order valence-corrected chi connectivity index (χ2v) is 7.21. The molecule has 0 amide bonds. The molecule has 0 bridgehead atoms. The van der Waals surface area contributed by atoms with Gasteiger partial charge in [0.25, 0.3) is 0 Å². The molecule has 27 heavy (non-hydrogen) atoms. The van der Waals surface area contributed by atoms with Gasteiger partial charge in [-0.15, -0.1) is 24.0 Å². The number of hydrogen-bond acceptors (Lipinski definition) is 4. The first kappa shape index (κ1) is 23.8. The monoisotopic (exact) mass is 491 g/mol. The molecule has 6 nitrogen and oxygen atoms in total. The summed E-state index contributed by atoms with van der Waals surface area (Å²) in [6.07, 6.45) is 0.537. The third kappa shape index (κ3) is 7.03.